The van der Waals surface area contributed by atoms with Gasteiger partial charge in [0.2, 0.25) is 10.0 Å². The Bertz CT molecular complexity index is 415. The van der Waals surface area contributed by atoms with Crippen LogP contribution in [0.3, 0.4) is 0 Å². The van der Waals surface area contributed by atoms with Crippen LogP contribution in [0.25, 0.3) is 0 Å². The number of thioether (sulfide) groups is 1. The summed E-state index contributed by atoms with van der Waals surface area (Å²) >= 11 is 1.76. The zero-order valence-electron chi connectivity index (χ0n) is 9.36. The van der Waals surface area contributed by atoms with Crippen LogP contribution in [0.5, 0.6) is 0 Å². The molecule has 6 heteroatoms. The molecule has 16 heavy (non-hydrogen) atoms. The summed E-state index contributed by atoms with van der Waals surface area (Å²) < 4.78 is 25.2. The lowest BCUT2D eigenvalue weighted by atomic mass is 10.3. The van der Waals surface area contributed by atoms with Crippen LogP contribution in [0.2, 0.25) is 0 Å². The predicted octanol–water partition coefficient (Wildman–Crippen LogP) is 1.37. The van der Waals surface area contributed by atoms with Crippen molar-refractivity contribution in [2.24, 2.45) is 0 Å². The molecule has 0 unspecified atom stereocenters. The fourth-order valence-corrected chi connectivity index (χ4v) is 2.20. The van der Waals surface area contributed by atoms with Crippen LogP contribution in [-0.2, 0) is 10.0 Å². The van der Waals surface area contributed by atoms with E-state index in [-0.39, 0.29) is 4.90 Å². The Morgan fingerprint density at radius 3 is 2.38 bits per heavy atom. The summed E-state index contributed by atoms with van der Waals surface area (Å²) in [6.45, 7) is 0.874. The minimum Gasteiger partial charge on any atom is -0.384 e. The number of anilines is 1. The summed E-state index contributed by atoms with van der Waals surface area (Å²) in [5.41, 5.74) is 0.934. The highest BCUT2D eigenvalue weighted by Gasteiger charge is 2.09. The number of benzene rings is 1. The van der Waals surface area contributed by atoms with E-state index in [1.54, 1.807) is 36.0 Å². The van der Waals surface area contributed by atoms with Gasteiger partial charge in [0.25, 0.3) is 0 Å². The maximum atomic E-state index is 11.4. The molecular weight excluding hydrogens is 244 g/mol. The fraction of sp³-hybridized carbons (Fsp3) is 0.400. The maximum absolute atomic E-state index is 11.4. The highest BCUT2D eigenvalue weighted by atomic mass is 32.2. The van der Waals surface area contributed by atoms with Crippen LogP contribution in [0.4, 0.5) is 5.69 Å². The van der Waals surface area contributed by atoms with Gasteiger partial charge in [0.1, 0.15) is 0 Å². The fourth-order valence-electron chi connectivity index (χ4n) is 1.17. The van der Waals surface area contributed by atoms with Gasteiger partial charge in [0.15, 0.2) is 0 Å². The van der Waals surface area contributed by atoms with Crippen molar-refractivity contribution in [3.8, 4) is 0 Å². The smallest absolute Gasteiger partial charge is 0.240 e. The third kappa shape index (κ3) is 3.70. The molecule has 90 valence electrons. The van der Waals surface area contributed by atoms with E-state index in [9.17, 15) is 8.42 Å². The molecule has 1 aromatic carbocycles. The van der Waals surface area contributed by atoms with E-state index in [1.165, 1.54) is 7.05 Å². The zero-order chi connectivity index (χ0) is 12.0. The summed E-state index contributed by atoms with van der Waals surface area (Å²) in [6.07, 6.45) is 2.05. The van der Waals surface area contributed by atoms with Gasteiger partial charge in [-0.1, -0.05) is 0 Å². The number of nitrogens with one attached hydrogen (secondary N) is 2. The van der Waals surface area contributed by atoms with Gasteiger partial charge >= 0.3 is 0 Å². The van der Waals surface area contributed by atoms with Crippen molar-refractivity contribution in [1.29, 1.82) is 0 Å². The van der Waals surface area contributed by atoms with Crippen LogP contribution in [-0.4, -0.2) is 34.0 Å². The molecule has 0 aromatic heterocycles. The molecule has 4 nitrogen and oxygen atoms in total. The molecule has 0 atom stereocenters. The number of sulfonamides is 1. The molecule has 0 fully saturated rings. The Morgan fingerprint density at radius 1 is 1.25 bits per heavy atom. The quantitative estimate of drug-likeness (QED) is 0.759. The largest absolute Gasteiger partial charge is 0.384 e. The molecule has 0 saturated carbocycles. The van der Waals surface area contributed by atoms with Crippen LogP contribution in [0.1, 0.15) is 0 Å². The Morgan fingerprint density at radius 2 is 1.88 bits per heavy atom. The van der Waals surface area contributed by atoms with E-state index < -0.39 is 10.0 Å². The molecule has 0 aliphatic rings. The summed E-state index contributed by atoms with van der Waals surface area (Å²) in [5, 5.41) is 3.21. The van der Waals surface area contributed by atoms with E-state index in [0.29, 0.717) is 0 Å². The SMILES string of the molecule is CNS(=O)(=O)c1ccc(NCCSC)cc1. The molecule has 0 saturated heterocycles. The predicted molar refractivity (Wildman–Crippen MR) is 69.6 cm³/mol. The topological polar surface area (TPSA) is 58.2 Å². The zero-order valence-corrected chi connectivity index (χ0v) is 11.0. The molecule has 2 N–H and O–H groups in total. The van der Waals surface area contributed by atoms with Crippen LogP contribution in [0, 0.1) is 0 Å². The minimum atomic E-state index is -3.32. The Hall–Kier alpha value is -0.720. The Kier molecular flexibility index (Phi) is 5.11. The van der Waals surface area contributed by atoms with Crippen molar-refractivity contribution < 1.29 is 8.42 Å². The number of hydrogen-bond donors (Lipinski definition) is 2. The summed E-state index contributed by atoms with van der Waals surface area (Å²) in [5.74, 6) is 1.02. The van der Waals surface area contributed by atoms with Crippen molar-refractivity contribution in [3.05, 3.63) is 24.3 Å². The second-order valence-electron chi connectivity index (χ2n) is 3.15. The van der Waals surface area contributed by atoms with Crippen molar-refractivity contribution in [2.75, 3.05) is 30.9 Å². The van der Waals surface area contributed by atoms with E-state index >= 15 is 0 Å². The third-order valence-electron chi connectivity index (χ3n) is 2.07. The lowest BCUT2D eigenvalue weighted by Gasteiger charge is -2.06. The maximum Gasteiger partial charge on any atom is 0.240 e. The van der Waals surface area contributed by atoms with Crippen molar-refractivity contribution in [2.45, 2.75) is 4.90 Å². The van der Waals surface area contributed by atoms with Gasteiger partial charge in [0, 0.05) is 18.0 Å². The van der Waals surface area contributed by atoms with Gasteiger partial charge in [0.05, 0.1) is 4.90 Å². The highest BCUT2D eigenvalue weighted by Crippen LogP contribution is 2.13. The van der Waals surface area contributed by atoms with Crippen molar-refractivity contribution in [3.63, 3.8) is 0 Å². The van der Waals surface area contributed by atoms with Crippen LogP contribution in [0.15, 0.2) is 29.2 Å². The third-order valence-corrected chi connectivity index (χ3v) is 4.11. The van der Waals surface area contributed by atoms with Gasteiger partial charge in [-0.25, -0.2) is 13.1 Å². The average molecular weight is 260 g/mol. The first-order chi connectivity index (χ1) is 7.60. The summed E-state index contributed by atoms with van der Waals surface area (Å²) in [7, 11) is -1.92. The van der Waals surface area contributed by atoms with Gasteiger partial charge in [-0.2, -0.15) is 11.8 Å². The molecular formula is C10H16N2O2S2. The second-order valence-corrected chi connectivity index (χ2v) is 6.02. The minimum absolute atomic E-state index is 0.283. The molecule has 0 aliphatic carbocycles. The van der Waals surface area contributed by atoms with Crippen LogP contribution >= 0.6 is 11.8 Å². The van der Waals surface area contributed by atoms with E-state index in [0.717, 1.165) is 18.0 Å². The average Bonchev–Trinajstić information content (AvgIpc) is 2.30. The molecule has 0 amide bonds. The van der Waals surface area contributed by atoms with Crippen molar-refractivity contribution >= 4 is 27.5 Å². The number of rotatable bonds is 6. The lowest BCUT2D eigenvalue weighted by molar-refractivity contribution is 0.588. The number of hydrogen-bond acceptors (Lipinski definition) is 4. The standard InChI is InChI=1S/C10H16N2O2S2/c1-11-16(13,14)10-5-3-9(4-6-10)12-7-8-15-2/h3-6,11-12H,7-8H2,1-2H3. The molecule has 1 rings (SSSR count). The van der Waals surface area contributed by atoms with Crippen molar-refractivity contribution in [1.82, 2.24) is 4.72 Å². The molecule has 0 radical (unpaired) electrons. The second kappa shape index (κ2) is 6.12. The first-order valence-corrected chi connectivity index (χ1v) is 7.74. The van der Waals surface area contributed by atoms with Gasteiger partial charge in [-0.05, 0) is 37.6 Å². The normalized spacial score (nSPS) is 11.4. The Balaban J connectivity index is 2.68. The lowest BCUT2D eigenvalue weighted by Crippen LogP contribution is -2.18. The van der Waals surface area contributed by atoms with E-state index in [2.05, 4.69) is 10.0 Å². The highest BCUT2D eigenvalue weighted by molar-refractivity contribution is 7.98. The van der Waals surface area contributed by atoms with E-state index in [1.807, 2.05) is 6.26 Å². The first-order valence-electron chi connectivity index (χ1n) is 4.86. The van der Waals surface area contributed by atoms with E-state index in [4.69, 9.17) is 0 Å². The van der Waals surface area contributed by atoms with Gasteiger partial charge in [-0.3, -0.25) is 0 Å². The molecule has 0 bridgehead atoms. The summed E-state index contributed by atoms with van der Waals surface area (Å²) in [6, 6.07) is 6.72. The molecule has 0 spiro atoms. The molecule has 1 aromatic rings. The first kappa shape index (κ1) is 13.3. The monoisotopic (exact) mass is 260 g/mol. The molecule has 0 aliphatic heterocycles. The van der Waals surface area contributed by atoms with Gasteiger partial charge in [-0.15, -0.1) is 0 Å². The molecule has 0 heterocycles. The Labute approximate surface area is 101 Å². The summed E-state index contributed by atoms with van der Waals surface area (Å²) in [4.78, 5) is 0.283. The van der Waals surface area contributed by atoms with Gasteiger partial charge < -0.3 is 5.32 Å². The van der Waals surface area contributed by atoms with Crippen LogP contribution < -0.4 is 10.0 Å².